The van der Waals surface area contributed by atoms with Crippen LogP contribution >= 0.6 is 11.6 Å². The van der Waals surface area contributed by atoms with E-state index in [4.69, 9.17) is 17.3 Å². The van der Waals surface area contributed by atoms with Gasteiger partial charge in [-0.15, -0.1) is 0 Å². The standard InChI is InChI=1S/C16H19ClN2O/c1-11-4-2-6-15(11)19-16(20)13-8-7-12(5-3-9-18)14(17)10-13/h7-8,10-11,15H,2,4,6,9,18H2,1H3,(H,19,20). The van der Waals surface area contributed by atoms with Gasteiger partial charge >= 0.3 is 0 Å². The average molecular weight is 291 g/mol. The summed E-state index contributed by atoms with van der Waals surface area (Å²) < 4.78 is 0. The zero-order valence-corrected chi connectivity index (χ0v) is 12.3. The zero-order valence-electron chi connectivity index (χ0n) is 11.6. The molecule has 2 rings (SSSR count). The minimum absolute atomic E-state index is 0.0658. The second kappa shape index (κ2) is 6.78. The minimum atomic E-state index is -0.0658. The molecule has 1 fully saturated rings. The van der Waals surface area contributed by atoms with E-state index >= 15 is 0 Å². The first-order chi connectivity index (χ1) is 9.61. The van der Waals surface area contributed by atoms with Crippen LogP contribution in [0.15, 0.2) is 18.2 Å². The number of halogens is 1. The third kappa shape index (κ3) is 3.53. The van der Waals surface area contributed by atoms with Crippen LogP contribution < -0.4 is 11.1 Å². The highest BCUT2D eigenvalue weighted by Gasteiger charge is 2.25. The van der Waals surface area contributed by atoms with Crippen LogP contribution in [0.5, 0.6) is 0 Å². The number of nitrogens with two attached hydrogens (primary N) is 1. The predicted molar refractivity (Wildman–Crippen MR) is 81.7 cm³/mol. The second-order valence-corrected chi connectivity index (χ2v) is 5.60. The highest BCUT2D eigenvalue weighted by atomic mass is 35.5. The fourth-order valence-corrected chi connectivity index (χ4v) is 2.74. The summed E-state index contributed by atoms with van der Waals surface area (Å²) in [6, 6.07) is 5.45. The minimum Gasteiger partial charge on any atom is -0.349 e. The summed E-state index contributed by atoms with van der Waals surface area (Å²) in [6.45, 7) is 2.47. The van der Waals surface area contributed by atoms with E-state index < -0.39 is 0 Å². The summed E-state index contributed by atoms with van der Waals surface area (Å²) in [7, 11) is 0. The predicted octanol–water partition coefficient (Wildman–Crippen LogP) is 2.57. The van der Waals surface area contributed by atoms with Gasteiger partial charge in [-0.3, -0.25) is 4.79 Å². The summed E-state index contributed by atoms with van der Waals surface area (Å²) in [4.78, 5) is 12.2. The fourth-order valence-electron chi connectivity index (χ4n) is 2.52. The van der Waals surface area contributed by atoms with E-state index in [0.29, 0.717) is 22.1 Å². The largest absolute Gasteiger partial charge is 0.349 e. The van der Waals surface area contributed by atoms with Gasteiger partial charge in [-0.1, -0.05) is 36.8 Å². The van der Waals surface area contributed by atoms with E-state index in [1.807, 2.05) is 0 Å². The quantitative estimate of drug-likeness (QED) is 0.823. The first kappa shape index (κ1) is 14.9. The molecule has 0 radical (unpaired) electrons. The van der Waals surface area contributed by atoms with Crippen molar-refractivity contribution in [2.45, 2.75) is 32.2 Å². The number of carbonyl (C=O) groups excluding carboxylic acids is 1. The van der Waals surface area contributed by atoms with Gasteiger partial charge in [-0.2, -0.15) is 0 Å². The first-order valence-electron chi connectivity index (χ1n) is 6.91. The lowest BCUT2D eigenvalue weighted by Crippen LogP contribution is -2.36. The van der Waals surface area contributed by atoms with Crippen LogP contribution in [0, 0.1) is 17.8 Å². The van der Waals surface area contributed by atoms with Crippen LogP contribution in [-0.2, 0) is 0 Å². The van der Waals surface area contributed by atoms with Crippen molar-refractivity contribution in [3.63, 3.8) is 0 Å². The van der Waals surface area contributed by atoms with Crippen LogP contribution in [0.3, 0.4) is 0 Å². The second-order valence-electron chi connectivity index (χ2n) is 5.19. The maximum Gasteiger partial charge on any atom is 0.251 e. The maximum atomic E-state index is 12.2. The molecule has 1 amide bonds. The van der Waals surface area contributed by atoms with Gasteiger partial charge in [0.25, 0.3) is 5.91 Å². The van der Waals surface area contributed by atoms with Gasteiger partial charge in [0.2, 0.25) is 0 Å². The molecule has 1 aromatic carbocycles. The molecule has 3 nitrogen and oxygen atoms in total. The van der Waals surface area contributed by atoms with Gasteiger partial charge in [-0.05, 0) is 37.0 Å². The third-order valence-electron chi connectivity index (χ3n) is 3.73. The molecule has 1 saturated carbocycles. The number of hydrogen-bond donors (Lipinski definition) is 2. The van der Waals surface area contributed by atoms with E-state index in [1.54, 1.807) is 18.2 Å². The fraction of sp³-hybridized carbons (Fsp3) is 0.438. The van der Waals surface area contributed by atoms with E-state index in [-0.39, 0.29) is 18.5 Å². The Morgan fingerprint density at radius 3 is 2.90 bits per heavy atom. The molecule has 3 N–H and O–H groups in total. The molecule has 0 saturated heterocycles. The van der Waals surface area contributed by atoms with E-state index in [0.717, 1.165) is 6.42 Å². The van der Waals surface area contributed by atoms with Crippen molar-refractivity contribution in [2.24, 2.45) is 11.7 Å². The highest BCUT2D eigenvalue weighted by molar-refractivity contribution is 6.32. The van der Waals surface area contributed by atoms with Crippen LogP contribution in [0.2, 0.25) is 5.02 Å². The van der Waals surface area contributed by atoms with Crippen LogP contribution in [0.4, 0.5) is 0 Å². The van der Waals surface area contributed by atoms with Crippen molar-refractivity contribution >= 4 is 17.5 Å². The Morgan fingerprint density at radius 1 is 1.50 bits per heavy atom. The summed E-state index contributed by atoms with van der Waals surface area (Å²) in [5, 5.41) is 3.57. The normalized spacial score (nSPS) is 21.1. The van der Waals surface area contributed by atoms with Crippen LogP contribution in [-0.4, -0.2) is 18.5 Å². The molecule has 2 unspecified atom stereocenters. The molecule has 1 aromatic rings. The van der Waals surface area contributed by atoms with E-state index in [1.165, 1.54) is 12.8 Å². The molecule has 1 aliphatic carbocycles. The molecule has 1 aliphatic rings. The van der Waals surface area contributed by atoms with Crippen LogP contribution in [0.1, 0.15) is 42.1 Å². The van der Waals surface area contributed by atoms with Gasteiger partial charge in [0.1, 0.15) is 0 Å². The SMILES string of the molecule is CC1CCCC1NC(=O)c1ccc(C#CCN)c(Cl)c1. The first-order valence-corrected chi connectivity index (χ1v) is 7.29. The molecular formula is C16H19ClN2O. The van der Waals surface area contributed by atoms with Crippen molar-refractivity contribution in [3.8, 4) is 11.8 Å². The lowest BCUT2D eigenvalue weighted by molar-refractivity contribution is 0.0929. The Kier molecular flexibility index (Phi) is 5.05. The lowest BCUT2D eigenvalue weighted by Gasteiger charge is -2.17. The molecule has 106 valence electrons. The van der Waals surface area contributed by atoms with Gasteiger partial charge in [0, 0.05) is 17.2 Å². The number of hydrogen-bond acceptors (Lipinski definition) is 2. The smallest absolute Gasteiger partial charge is 0.251 e. The highest BCUT2D eigenvalue weighted by Crippen LogP contribution is 2.25. The molecule has 20 heavy (non-hydrogen) atoms. The summed E-state index contributed by atoms with van der Waals surface area (Å²) in [5.74, 6) is 6.11. The molecular weight excluding hydrogens is 272 g/mol. The van der Waals surface area contributed by atoms with E-state index in [9.17, 15) is 4.79 Å². The molecule has 2 atom stereocenters. The van der Waals surface area contributed by atoms with Gasteiger partial charge in [0.15, 0.2) is 0 Å². The van der Waals surface area contributed by atoms with Crippen molar-refractivity contribution in [1.29, 1.82) is 0 Å². The number of amides is 1. The Labute approximate surface area is 124 Å². The average Bonchev–Trinajstić information content (AvgIpc) is 2.83. The van der Waals surface area contributed by atoms with Gasteiger partial charge < -0.3 is 11.1 Å². The number of rotatable bonds is 2. The summed E-state index contributed by atoms with van der Waals surface area (Å²) in [6.07, 6.45) is 3.42. The topological polar surface area (TPSA) is 55.1 Å². The summed E-state index contributed by atoms with van der Waals surface area (Å²) >= 11 is 6.13. The van der Waals surface area contributed by atoms with Crippen molar-refractivity contribution in [1.82, 2.24) is 5.32 Å². The van der Waals surface area contributed by atoms with Gasteiger partial charge in [0.05, 0.1) is 11.6 Å². The molecule has 0 aliphatic heterocycles. The lowest BCUT2D eigenvalue weighted by atomic mass is 10.1. The third-order valence-corrected chi connectivity index (χ3v) is 4.05. The van der Waals surface area contributed by atoms with Crippen molar-refractivity contribution < 1.29 is 4.79 Å². The Morgan fingerprint density at radius 2 is 2.30 bits per heavy atom. The maximum absolute atomic E-state index is 12.2. The monoisotopic (exact) mass is 290 g/mol. The molecule has 0 heterocycles. The number of nitrogens with one attached hydrogen (secondary N) is 1. The Bertz CT molecular complexity index is 559. The van der Waals surface area contributed by atoms with E-state index in [2.05, 4.69) is 24.1 Å². The Hall–Kier alpha value is -1.50. The zero-order chi connectivity index (χ0) is 14.5. The van der Waals surface area contributed by atoms with Crippen molar-refractivity contribution in [3.05, 3.63) is 34.3 Å². The molecule has 0 bridgehead atoms. The summed E-state index contributed by atoms with van der Waals surface area (Å²) in [5.41, 5.74) is 6.60. The van der Waals surface area contributed by atoms with Gasteiger partial charge in [-0.25, -0.2) is 0 Å². The molecule has 0 spiro atoms. The molecule has 4 heteroatoms. The Balaban J connectivity index is 2.09. The number of benzene rings is 1. The molecule has 0 aromatic heterocycles. The number of carbonyl (C=O) groups is 1. The van der Waals surface area contributed by atoms with Crippen LogP contribution in [0.25, 0.3) is 0 Å². The van der Waals surface area contributed by atoms with Crippen molar-refractivity contribution in [2.75, 3.05) is 6.54 Å².